The highest BCUT2D eigenvalue weighted by molar-refractivity contribution is 5.76. The molecular formula is C16H24N2O2. The third-order valence-electron chi connectivity index (χ3n) is 3.90. The van der Waals surface area contributed by atoms with Crippen molar-refractivity contribution in [1.82, 2.24) is 4.90 Å². The van der Waals surface area contributed by atoms with E-state index in [2.05, 4.69) is 47.9 Å². The first-order chi connectivity index (χ1) is 9.63. The quantitative estimate of drug-likeness (QED) is 0.788. The van der Waals surface area contributed by atoms with Gasteiger partial charge in [-0.15, -0.1) is 0 Å². The fraction of sp³-hybridized carbons (Fsp3) is 0.562. The summed E-state index contributed by atoms with van der Waals surface area (Å²) in [6.07, 6.45) is 0. The summed E-state index contributed by atoms with van der Waals surface area (Å²) in [6, 6.07) is 10.3. The maximum Gasteiger partial charge on any atom is 0.323 e. The number of rotatable bonds is 4. The Bertz CT molecular complexity index is 425. The van der Waals surface area contributed by atoms with E-state index in [4.69, 9.17) is 4.74 Å². The molecule has 20 heavy (non-hydrogen) atoms. The van der Waals surface area contributed by atoms with Crippen molar-refractivity contribution in [2.45, 2.75) is 19.9 Å². The van der Waals surface area contributed by atoms with E-state index >= 15 is 0 Å². The first-order valence-corrected chi connectivity index (χ1v) is 7.25. The molecule has 1 aromatic rings. The molecule has 0 saturated carbocycles. The Morgan fingerprint density at radius 2 is 1.70 bits per heavy atom. The fourth-order valence-electron chi connectivity index (χ4n) is 2.86. The molecule has 1 saturated heterocycles. The molecule has 0 amide bonds. The molecule has 4 heteroatoms. The lowest BCUT2D eigenvalue weighted by Crippen LogP contribution is -2.54. The Balaban J connectivity index is 1.98. The summed E-state index contributed by atoms with van der Waals surface area (Å²) < 4.78 is 4.94. The number of esters is 1. The van der Waals surface area contributed by atoms with Crippen molar-refractivity contribution in [3.63, 3.8) is 0 Å². The van der Waals surface area contributed by atoms with E-state index in [1.54, 1.807) is 0 Å². The van der Waals surface area contributed by atoms with E-state index in [1.165, 1.54) is 12.8 Å². The van der Waals surface area contributed by atoms with E-state index < -0.39 is 0 Å². The average Bonchev–Trinajstić information content (AvgIpc) is 2.48. The van der Waals surface area contributed by atoms with Crippen molar-refractivity contribution >= 4 is 11.7 Å². The van der Waals surface area contributed by atoms with Gasteiger partial charge in [0.25, 0.3) is 0 Å². The fourth-order valence-corrected chi connectivity index (χ4v) is 2.86. The van der Waals surface area contributed by atoms with Crippen LogP contribution < -0.4 is 4.90 Å². The average molecular weight is 276 g/mol. The zero-order valence-corrected chi connectivity index (χ0v) is 12.6. The van der Waals surface area contributed by atoms with Gasteiger partial charge in [-0.1, -0.05) is 32.0 Å². The number of hydrogen-bond acceptors (Lipinski definition) is 4. The van der Waals surface area contributed by atoms with E-state index in [0.29, 0.717) is 0 Å². The molecule has 1 aliphatic rings. The van der Waals surface area contributed by atoms with E-state index in [1.807, 2.05) is 6.07 Å². The zero-order chi connectivity index (χ0) is 14.5. The lowest BCUT2D eigenvalue weighted by atomic mass is 10.0. The summed E-state index contributed by atoms with van der Waals surface area (Å²) in [5.74, 6) is 0.152. The summed E-state index contributed by atoms with van der Waals surface area (Å²) in [6.45, 7) is 7.84. The van der Waals surface area contributed by atoms with Crippen LogP contribution in [0.1, 0.15) is 13.8 Å². The van der Waals surface area contributed by atoms with Gasteiger partial charge in [0.05, 0.1) is 7.11 Å². The molecule has 1 atom stereocenters. The minimum atomic E-state index is -0.127. The number of anilines is 1. The molecular weight excluding hydrogens is 252 g/mol. The Hall–Kier alpha value is -1.55. The molecule has 1 heterocycles. The molecule has 0 spiro atoms. The number of hydrogen-bond donors (Lipinski definition) is 0. The van der Waals surface area contributed by atoms with Gasteiger partial charge in [0.1, 0.15) is 6.04 Å². The maximum absolute atomic E-state index is 11.9. The first-order valence-electron chi connectivity index (χ1n) is 7.25. The summed E-state index contributed by atoms with van der Waals surface area (Å²) in [7, 11) is 1.47. The maximum atomic E-state index is 11.9. The van der Waals surface area contributed by atoms with Crippen LogP contribution in [0.15, 0.2) is 30.3 Å². The van der Waals surface area contributed by atoms with Gasteiger partial charge in [0.2, 0.25) is 0 Å². The molecule has 110 valence electrons. The van der Waals surface area contributed by atoms with E-state index in [-0.39, 0.29) is 17.9 Å². The number of methoxy groups -OCH3 is 1. The minimum absolute atomic E-state index is 0.117. The summed E-state index contributed by atoms with van der Waals surface area (Å²) >= 11 is 0. The van der Waals surface area contributed by atoms with Gasteiger partial charge >= 0.3 is 5.97 Å². The predicted molar refractivity (Wildman–Crippen MR) is 80.9 cm³/mol. The highest BCUT2D eigenvalue weighted by Crippen LogP contribution is 2.19. The van der Waals surface area contributed by atoms with Crippen LogP contribution in [-0.4, -0.2) is 50.2 Å². The van der Waals surface area contributed by atoms with Crippen LogP contribution in [0.4, 0.5) is 5.69 Å². The van der Waals surface area contributed by atoms with Gasteiger partial charge in [-0.25, -0.2) is 0 Å². The molecule has 1 aliphatic heterocycles. The monoisotopic (exact) mass is 276 g/mol. The third-order valence-corrected chi connectivity index (χ3v) is 3.90. The molecule has 2 rings (SSSR count). The van der Waals surface area contributed by atoms with Gasteiger partial charge in [-0.05, 0) is 18.1 Å². The van der Waals surface area contributed by atoms with Crippen molar-refractivity contribution in [2.75, 3.05) is 38.2 Å². The topological polar surface area (TPSA) is 32.8 Å². The van der Waals surface area contributed by atoms with Crippen molar-refractivity contribution in [3.05, 3.63) is 30.3 Å². The van der Waals surface area contributed by atoms with Gasteiger partial charge < -0.3 is 9.64 Å². The smallest absolute Gasteiger partial charge is 0.323 e. The Morgan fingerprint density at radius 1 is 1.10 bits per heavy atom. The molecule has 0 aromatic heterocycles. The Kier molecular flexibility index (Phi) is 5.01. The highest BCUT2D eigenvalue weighted by atomic mass is 16.5. The second-order valence-corrected chi connectivity index (χ2v) is 5.57. The zero-order valence-electron chi connectivity index (χ0n) is 12.6. The third kappa shape index (κ3) is 3.31. The van der Waals surface area contributed by atoms with Crippen LogP contribution in [0.5, 0.6) is 0 Å². The largest absolute Gasteiger partial charge is 0.468 e. The number of para-hydroxylation sites is 1. The van der Waals surface area contributed by atoms with Gasteiger partial charge in [0, 0.05) is 31.9 Å². The van der Waals surface area contributed by atoms with Crippen LogP contribution in [-0.2, 0) is 9.53 Å². The van der Waals surface area contributed by atoms with Gasteiger partial charge in [-0.2, -0.15) is 0 Å². The van der Waals surface area contributed by atoms with E-state index in [9.17, 15) is 4.79 Å². The Morgan fingerprint density at radius 3 is 2.20 bits per heavy atom. The molecule has 0 aliphatic carbocycles. The van der Waals surface area contributed by atoms with Crippen LogP contribution in [0, 0.1) is 5.92 Å². The summed E-state index contributed by atoms with van der Waals surface area (Å²) in [4.78, 5) is 16.5. The number of nitrogens with zero attached hydrogens (tertiary/aromatic N) is 2. The number of carbonyl (C=O) groups is 1. The minimum Gasteiger partial charge on any atom is -0.468 e. The lowest BCUT2D eigenvalue weighted by Gasteiger charge is -2.40. The van der Waals surface area contributed by atoms with Crippen molar-refractivity contribution in [3.8, 4) is 0 Å². The second-order valence-electron chi connectivity index (χ2n) is 5.57. The molecule has 0 N–H and O–H groups in total. The lowest BCUT2D eigenvalue weighted by molar-refractivity contribution is -0.149. The number of piperazine rings is 1. The molecule has 0 radical (unpaired) electrons. The van der Waals surface area contributed by atoms with Gasteiger partial charge in [-0.3, -0.25) is 9.69 Å². The Labute approximate surface area is 121 Å². The molecule has 1 aromatic carbocycles. The normalized spacial score (nSPS) is 18.1. The highest BCUT2D eigenvalue weighted by Gasteiger charge is 2.32. The van der Waals surface area contributed by atoms with Crippen LogP contribution in [0.25, 0.3) is 0 Å². The number of carbonyl (C=O) groups excluding carboxylic acids is 1. The van der Waals surface area contributed by atoms with Crippen LogP contribution >= 0.6 is 0 Å². The van der Waals surface area contributed by atoms with Crippen molar-refractivity contribution in [2.24, 2.45) is 5.92 Å². The molecule has 1 fully saturated rings. The standard InChI is InChI=1S/C16H24N2O2/c1-13(2)15(16(19)20-3)18-11-9-17(10-12-18)14-7-5-4-6-8-14/h4-8,13,15H,9-12H2,1-3H3/t15-/m0/s1. The van der Waals surface area contributed by atoms with Gasteiger partial charge in [0.15, 0.2) is 0 Å². The van der Waals surface area contributed by atoms with E-state index in [0.717, 1.165) is 26.2 Å². The van der Waals surface area contributed by atoms with Crippen LogP contribution in [0.3, 0.4) is 0 Å². The summed E-state index contributed by atoms with van der Waals surface area (Å²) in [5.41, 5.74) is 1.26. The van der Waals surface area contributed by atoms with Crippen molar-refractivity contribution in [1.29, 1.82) is 0 Å². The molecule has 4 nitrogen and oxygen atoms in total. The SMILES string of the molecule is COC(=O)[C@H](C(C)C)N1CCN(c2ccccc2)CC1. The number of benzene rings is 1. The van der Waals surface area contributed by atoms with Crippen molar-refractivity contribution < 1.29 is 9.53 Å². The predicted octanol–water partition coefficient (Wildman–Crippen LogP) is 2.01. The van der Waals surface area contributed by atoms with Crippen LogP contribution in [0.2, 0.25) is 0 Å². The molecule has 0 bridgehead atoms. The summed E-state index contributed by atoms with van der Waals surface area (Å²) in [5, 5.41) is 0. The molecule has 0 unspecified atom stereocenters. The first kappa shape index (κ1) is 14.9. The number of ether oxygens (including phenoxy) is 1. The second kappa shape index (κ2) is 6.75.